The molecule has 0 heterocycles. The van der Waals surface area contributed by atoms with Gasteiger partial charge in [0, 0.05) is 17.6 Å². The molecule has 1 fully saturated rings. The lowest BCUT2D eigenvalue weighted by molar-refractivity contribution is -0.123. The van der Waals surface area contributed by atoms with Crippen molar-refractivity contribution < 1.29 is 14.3 Å². The maximum atomic E-state index is 12.8. The number of ether oxygens (including phenoxy) is 2. The highest BCUT2D eigenvalue weighted by Gasteiger charge is 2.29. The Morgan fingerprint density at radius 3 is 2.42 bits per heavy atom. The summed E-state index contributed by atoms with van der Waals surface area (Å²) in [5.74, 6) is 1.53. The van der Waals surface area contributed by atoms with Crippen molar-refractivity contribution in [3.63, 3.8) is 0 Å². The van der Waals surface area contributed by atoms with Crippen molar-refractivity contribution in [3.05, 3.63) is 59.7 Å². The number of hydrogen-bond acceptors (Lipinski definition) is 4. The third kappa shape index (κ3) is 4.35. The van der Waals surface area contributed by atoms with Gasteiger partial charge < -0.3 is 14.8 Å². The van der Waals surface area contributed by atoms with Gasteiger partial charge in [0.25, 0.3) is 0 Å². The Kier molecular flexibility index (Phi) is 5.78. The van der Waals surface area contributed by atoms with Crippen LogP contribution in [0.15, 0.2) is 48.5 Å². The van der Waals surface area contributed by atoms with Crippen LogP contribution in [0.1, 0.15) is 43.0 Å². The Labute approximate surface area is 154 Å². The molecule has 0 aliphatic heterocycles. The van der Waals surface area contributed by atoms with Gasteiger partial charge in [-0.15, -0.1) is 0 Å². The van der Waals surface area contributed by atoms with Crippen molar-refractivity contribution in [3.8, 4) is 11.5 Å². The van der Waals surface area contributed by atoms with Crippen LogP contribution in [0.4, 0.5) is 0 Å². The van der Waals surface area contributed by atoms with Crippen LogP contribution in [-0.4, -0.2) is 26.2 Å². The Morgan fingerprint density at radius 1 is 1.08 bits per heavy atom. The van der Waals surface area contributed by atoms with Gasteiger partial charge in [-0.25, -0.2) is 0 Å². The second-order valence-corrected chi connectivity index (χ2v) is 6.62. The summed E-state index contributed by atoms with van der Waals surface area (Å²) in [5, 5.41) is 6.56. The average Bonchev–Trinajstić information content (AvgIpc) is 3.49. The Bertz CT molecular complexity index is 744. The minimum Gasteiger partial charge on any atom is -0.497 e. The molecule has 2 N–H and O–H groups in total. The van der Waals surface area contributed by atoms with E-state index in [9.17, 15) is 4.79 Å². The molecule has 1 amide bonds. The van der Waals surface area contributed by atoms with Crippen LogP contribution >= 0.6 is 0 Å². The summed E-state index contributed by atoms with van der Waals surface area (Å²) in [6.45, 7) is 2.03. The van der Waals surface area contributed by atoms with Gasteiger partial charge in [0.05, 0.1) is 14.2 Å². The molecule has 1 aliphatic rings. The maximum Gasteiger partial charge on any atom is 0.241 e. The van der Waals surface area contributed by atoms with Gasteiger partial charge in [0.1, 0.15) is 17.5 Å². The minimum atomic E-state index is -0.428. The minimum absolute atomic E-state index is 0.00686. The first kappa shape index (κ1) is 18.3. The highest BCUT2D eigenvalue weighted by molar-refractivity contribution is 5.83. The first-order valence-electron chi connectivity index (χ1n) is 8.95. The lowest BCUT2D eigenvalue weighted by atomic mass is 10.0. The quantitative estimate of drug-likeness (QED) is 0.763. The first-order valence-corrected chi connectivity index (χ1v) is 8.95. The summed E-state index contributed by atoms with van der Waals surface area (Å²) < 4.78 is 10.8. The van der Waals surface area contributed by atoms with E-state index in [1.807, 2.05) is 55.5 Å². The fraction of sp³-hybridized carbons (Fsp3) is 0.381. The summed E-state index contributed by atoms with van der Waals surface area (Å²) in [5.41, 5.74) is 1.89. The van der Waals surface area contributed by atoms with Crippen LogP contribution in [0.5, 0.6) is 11.5 Å². The van der Waals surface area contributed by atoms with Gasteiger partial charge in [0.15, 0.2) is 0 Å². The Morgan fingerprint density at radius 2 is 1.81 bits per heavy atom. The number of carbonyl (C=O) groups excluding carboxylic acids is 1. The molecule has 138 valence electrons. The van der Waals surface area contributed by atoms with E-state index in [1.54, 1.807) is 14.2 Å². The molecule has 2 aromatic rings. The van der Waals surface area contributed by atoms with Gasteiger partial charge in [0.2, 0.25) is 5.91 Å². The van der Waals surface area contributed by atoms with Crippen LogP contribution in [0.25, 0.3) is 0 Å². The van der Waals surface area contributed by atoms with E-state index in [2.05, 4.69) is 10.6 Å². The number of methoxy groups -OCH3 is 2. The molecule has 0 spiro atoms. The zero-order valence-electron chi connectivity index (χ0n) is 15.5. The lowest BCUT2D eigenvalue weighted by Gasteiger charge is -2.25. The van der Waals surface area contributed by atoms with Crippen LogP contribution in [-0.2, 0) is 4.79 Å². The van der Waals surface area contributed by atoms with Crippen LogP contribution < -0.4 is 20.1 Å². The average molecular weight is 354 g/mol. The number of benzene rings is 2. The van der Waals surface area contributed by atoms with Crippen LogP contribution in [0, 0.1) is 0 Å². The normalized spacial score (nSPS) is 15.8. The third-order valence-corrected chi connectivity index (χ3v) is 4.64. The molecule has 1 saturated carbocycles. The van der Waals surface area contributed by atoms with Crippen molar-refractivity contribution >= 4 is 5.91 Å². The summed E-state index contributed by atoms with van der Waals surface area (Å²) in [6, 6.07) is 15.3. The molecular formula is C21H26N2O3. The van der Waals surface area contributed by atoms with E-state index in [0.29, 0.717) is 6.04 Å². The molecule has 26 heavy (non-hydrogen) atoms. The Balaban J connectivity index is 1.85. The molecule has 1 aliphatic carbocycles. The van der Waals surface area contributed by atoms with Gasteiger partial charge in [-0.3, -0.25) is 10.1 Å². The van der Waals surface area contributed by atoms with Crippen molar-refractivity contribution in [2.75, 3.05) is 14.2 Å². The molecule has 5 nitrogen and oxygen atoms in total. The number of rotatable bonds is 8. The second-order valence-electron chi connectivity index (χ2n) is 6.62. The molecule has 2 aromatic carbocycles. The van der Waals surface area contributed by atoms with E-state index in [4.69, 9.17) is 9.47 Å². The number of carbonyl (C=O) groups is 1. The zero-order valence-corrected chi connectivity index (χ0v) is 15.5. The van der Waals surface area contributed by atoms with Crippen LogP contribution in [0.2, 0.25) is 0 Å². The van der Waals surface area contributed by atoms with Gasteiger partial charge in [-0.05, 0) is 43.5 Å². The molecule has 0 saturated heterocycles. The van der Waals surface area contributed by atoms with Gasteiger partial charge in [-0.2, -0.15) is 0 Å². The molecule has 5 heteroatoms. The van der Waals surface area contributed by atoms with Gasteiger partial charge >= 0.3 is 0 Å². The summed E-state index contributed by atoms with van der Waals surface area (Å²) >= 11 is 0. The van der Waals surface area contributed by atoms with Gasteiger partial charge in [-0.1, -0.05) is 30.3 Å². The van der Waals surface area contributed by atoms with Crippen molar-refractivity contribution in [1.82, 2.24) is 10.6 Å². The third-order valence-electron chi connectivity index (χ3n) is 4.64. The number of amides is 1. The van der Waals surface area contributed by atoms with Crippen molar-refractivity contribution in [1.29, 1.82) is 0 Å². The first-order chi connectivity index (χ1) is 12.6. The molecule has 0 bridgehead atoms. The Hall–Kier alpha value is -2.53. The van der Waals surface area contributed by atoms with Crippen LogP contribution in [0.3, 0.4) is 0 Å². The van der Waals surface area contributed by atoms with E-state index < -0.39 is 6.04 Å². The summed E-state index contributed by atoms with van der Waals surface area (Å²) in [7, 11) is 3.28. The monoisotopic (exact) mass is 354 g/mol. The zero-order chi connectivity index (χ0) is 18.5. The SMILES string of the molecule is COc1ccc(OC)c(C(C)NC(C(=O)NC2CC2)c2ccccc2)c1. The highest BCUT2D eigenvalue weighted by Crippen LogP contribution is 2.31. The number of hydrogen-bond donors (Lipinski definition) is 2. The fourth-order valence-electron chi connectivity index (χ4n) is 3.00. The van der Waals surface area contributed by atoms with E-state index in [0.717, 1.165) is 35.5 Å². The fourth-order valence-corrected chi connectivity index (χ4v) is 3.00. The molecular weight excluding hydrogens is 328 g/mol. The summed E-state index contributed by atoms with van der Waals surface area (Å²) in [6.07, 6.45) is 2.12. The smallest absolute Gasteiger partial charge is 0.241 e. The largest absolute Gasteiger partial charge is 0.497 e. The number of nitrogens with one attached hydrogen (secondary N) is 2. The summed E-state index contributed by atoms with van der Waals surface area (Å²) in [4.78, 5) is 12.8. The highest BCUT2D eigenvalue weighted by atomic mass is 16.5. The topological polar surface area (TPSA) is 59.6 Å². The predicted octanol–water partition coefficient (Wildman–Crippen LogP) is 3.37. The maximum absolute atomic E-state index is 12.8. The molecule has 0 radical (unpaired) electrons. The van der Waals surface area contributed by atoms with Crippen molar-refractivity contribution in [2.45, 2.75) is 37.9 Å². The molecule has 3 rings (SSSR count). The molecule has 2 atom stereocenters. The van der Waals surface area contributed by atoms with E-state index >= 15 is 0 Å². The molecule has 2 unspecified atom stereocenters. The second kappa shape index (κ2) is 8.23. The molecule has 0 aromatic heterocycles. The predicted molar refractivity (Wildman–Crippen MR) is 101 cm³/mol. The lowest BCUT2D eigenvalue weighted by Crippen LogP contribution is -2.39. The van der Waals surface area contributed by atoms with E-state index in [-0.39, 0.29) is 11.9 Å². The standard InChI is InChI=1S/C21H26N2O3/c1-14(18-13-17(25-2)11-12-19(18)26-3)22-20(15-7-5-4-6-8-15)21(24)23-16-9-10-16/h4-8,11-14,16,20,22H,9-10H2,1-3H3,(H,23,24). The van der Waals surface area contributed by atoms with E-state index in [1.165, 1.54) is 0 Å². The van der Waals surface area contributed by atoms with Crippen molar-refractivity contribution in [2.24, 2.45) is 0 Å².